The van der Waals surface area contributed by atoms with Crippen LogP contribution in [0.1, 0.15) is 11.1 Å². The van der Waals surface area contributed by atoms with E-state index in [2.05, 4.69) is 4.98 Å². The van der Waals surface area contributed by atoms with E-state index < -0.39 is 11.9 Å². The second kappa shape index (κ2) is 9.50. The summed E-state index contributed by atoms with van der Waals surface area (Å²) >= 11 is 0. The summed E-state index contributed by atoms with van der Waals surface area (Å²) < 4.78 is 9.84. The first-order valence-corrected chi connectivity index (χ1v) is 9.17. The van der Waals surface area contributed by atoms with Crippen LogP contribution in [0.25, 0.3) is 0 Å². The van der Waals surface area contributed by atoms with Gasteiger partial charge >= 0.3 is 11.9 Å². The van der Waals surface area contributed by atoms with E-state index in [0.717, 1.165) is 24.1 Å². The smallest absolute Gasteiger partial charge is 0.355 e. The van der Waals surface area contributed by atoms with Gasteiger partial charge in [0.15, 0.2) is 0 Å². The summed E-state index contributed by atoms with van der Waals surface area (Å²) in [5.74, 6) is -1.23. The summed E-state index contributed by atoms with van der Waals surface area (Å²) in [7, 11) is 2.57. The van der Waals surface area contributed by atoms with Crippen LogP contribution in [0.5, 0.6) is 0 Å². The molecule has 0 unspecified atom stereocenters. The minimum absolute atomic E-state index is 0.112. The number of rotatable bonds is 6. The molecule has 0 radical (unpaired) electrons. The van der Waals surface area contributed by atoms with Crippen LogP contribution < -0.4 is 4.90 Å². The standard InChI is InChI=1S/C23H22N2O4/c1-28-22(26)19-8-5-6-16-25(21(19)23(27)29-2)20-9-4-3-7-18(20)11-10-17-12-14-24-15-13-17/h3-9,12-16H,10-11H2,1-2H3. The molecule has 6 heteroatoms. The average molecular weight is 390 g/mol. The third-order valence-electron chi connectivity index (χ3n) is 4.57. The van der Waals surface area contributed by atoms with Gasteiger partial charge in [0.25, 0.3) is 0 Å². The predicted molar refractivity (Wildman–Crippen MR) is 110 cm³/mol. The number of pyridine rings is 1. The summed E-state index contributed by atoms with van der Waals surface area (Å²) in [4.78, 5) is 30.7. The second-order valence-corrected chi connectivity index (χ2v) is 6.30. The second-order valence-electron chi connectivity index (χ2n) is 6.30. The predicted octanol–water partition coefficient (Wildman–Crippen LogP) is 3.36. The molecule has 2 heterocycles. The SMILES string of the molecule is COC(=O)C1=C(C(=O)OC)N(c2ccccc2CCc2ccncc2)C=CC=C1. The Bertz CT molecular complexity index is 977. The number of benzene rings is 1. The number of anilines is 1. The maximum Gasteiger partial charge on any atom is 0.355 e. The zero-order chi connectivity index (χ0) is 20.6. The normalized spacial score (nSPS) is 13.2. The van der Waals surface area contributed by atoms with Gasteiger partial charge in [-0.15, -0.1) is 0 Å². The van der Waals surface area contributed by atoms with Gasteiger partial charge in [-0.2, -0.15) is 0 Å². The van der Waals surface area contributed by atoms with Crippen molar-refractivity contribution >= 4 is 17.6 Å². The molecule has 0 saturated heterocycles. The Labute approximate surface area is 169 Å². The Kier molecular flexibility index (Phi) is 6.58. The van der Waals surface area contributed by atoms with Gasteiger partial charge in [0.2, 0.25) is 0 Å². The van der Waals surface area contributed by atoms with E-state index in [9.17, 15) is 9.59 Å². The van der Waals surface area contributed by atoms with E-state index in [0.29, 0.717) is 0 Å². The number of hydrogen-bond donors (Lipinski definition) is 0. The van der Waals surface area contributed by atoms with E-state index in [1.807, 2.05) is 36.4 Å². The lowest BCUT2D eigenvalue weighted by molar-refractivity contribution is -0.139. The Morgan fingerprint density at radius 3 is 2.38 bits per heavy atom. The van der Waals surface area contributed by atoms with Crippen molar-refractivity contribution in [3.63, 3.8) is 0 Å². The molecule has 0 amide bonds. The molecule has 6 nitrogen and oxygen atoms in total. The van der Waals surface area contributed by atoms with Crippen molar-refractivity contribution in [1.29, 1.82) is 0 Å². The molecule has 0 aliphatic carbocycles. The zero-order valence-electron chi connectivity index (χ0n) is 16.4. The molecule has 1 aromatic heterocycles. The fraction of sp³-hybridized carbons (Fsp3) is 0.174. The summed E-state index contributed by atoms with van der Waals surface area (Å²) in [6, 6.07) is 11.7. The van der Waals surface area contributed by atoms with Crippen molar-refractivity contribution in [3.05, 3.63) is 95.6 Å². The zero-order valence-corrected chi connectivity index (χ0v) is 16.4. The molecule has 1 aliphatic heterocycles. The first-order chi connectivity index (χ1) is 14.2. The number of esters is 2. The van der Waals surface area contributed by atoms with Crippen LogP contribution in [-0.2, 0) is 31.9 Å². The highest BCUT2D eigenvalue weighted by molar-refractivity contribution is 6.05. The molecule has 0 N–H and O–H groups in total. The summed E-state index contributed by atoms with van der Waals surface area (Å²) in [6.07, 6.45) is 11.8. The van der Waals surface area contributed by atoms with Crippen LogP contribution >= 0.6 is 0 Å². The number of nitrogens with zero attached hydrogens (tertiary/aromatic N) is 2. The maximum absolute atomic E-state index is 12.6. The van der Waals surface area contributed by atoms with E-state index in [4.69, 9.17) is 9.47 Å². The summed E-state index contributed by atoms with van der Waals surface area (Å²) in [5, 5.41) is 0. The molecule has 148 valence electrons. The Balaban J connectivity index is 2.03. The average Bonchev–Trinajstić information content (AvgIpc) is 3.00. The number of methoxy groups -OCH3 is 2. The van der Waals surface area contributed by atoms with Crippen molar-refractivity contribution in [3.8, 4) is 0 Å². The lowest BCUT2D eigenvalue weighted by Crippen LogP contribution is -2.27. The fourth-order valence-corrected chi connectivity index (χ4v) is 3.14. The minimum atomic E-state index is -0.620. The molecule has 0 fully saturated rings. The number of aryl methyl sites for hydroxylation is 2. The van der Waals surface area contributed by atoms with Gasteiger partial charge in [0.1, 0.15) is 5.70 Å². The highest BCUT2D eigenvalue weighted by Gasteiger charge is 2.28. The van der Waals surface area contributed by atoms with E-state index in [1.165, 1.54) is 19.8 Å². The van der Waals surface area contributed by atoms with E-state index >= 15 is 0 Å². The largest absolute Gasteiger partial charge is 0.465 e. The highest BCUT2D eigenvalue weighted by Crippen LogP contribution is 2.30. The van der Waals surface area contributed by atoms with Gasteiger partial charge in [-0.1, -0.05) is 24.3 Å². The molecular weight excluding hydrogens is 368 g/mol. The molecule has 29 heavy (non-hydrogen) atoms. The lowest BCUT2D eigenvalue weighted by atomic mass is 10.0. The third-order valence-corrected chi connectivity index (χ3v) is 4.57. The van der Waals surface area contributed by atoms with Crippen molar-refractivity contribution in [1.82, 2.24) is 4.98 Å². The van der Waals surface area contributed by atoms with Crippen LogP contribution in [0.4, 0.5) is 5.69 Å². The summed E-state index contributed by atoms with van der Waals surface area (Å²) in [6.45, 7) is 0. The van der Waals surface area contributed by atoms with Crippen molar-refractivity contribution in [2.24, 2.45) is 0 Å². The van der Waals surface area contributed by atoms with Gasteiger partial charge in [-0.05, 0) is 54.3 Å². The number of allylic oxidation sites excluding steroid dienone is 2. The van der Waals surface area contributed by atoms with E-state index in [1.54, 1.807) is 41.7 Å². The van der Waals surface area contributed by atoms with Crippen molar-refractivity contribution in [2.45, 2.75) is 12.8 Å². The number of ether oxygens (including phenoxy) is 2. The van der Waals surface area contributed by atoms with Crippen LogP contribution in [0.2, 0.25) is 0 Å². The topological polar surface area (TPSA) is 68.7 Å². The lowest BCUT2D eigenvalue weighted by Gasteiger charge is -2.25. The Morgan fingerprint density at radius 1 is 0.931 bits per heavy atom. The first kappa shape index (κ1) is 20.1. The van der Waals surface area contributed by atoms with E-state index in [-0.39, 0.29) is 11.3 Å². The molecule has 0 saturated carbocycles. The first-order valence-electron chi connectivity index (χ1n) is 9.17. The van der Waals surface area contributed by atoms with Gasteiger partial charge in [0, 0.05) is 24.3 Å². The van der Waals surface area contributed by atoms with Gasteiger partial charge in [-0.3, -0.25) is 4.98 Å². The number of hydrogen-bond acceptors (Lipinski definition) is 6. The number of aromatic nitrogens is 1. The minimum Gasteiger partial charge on any atom is -0.465 e. The molecular formula is C23H22N2O4. The van der Waals surface area contributed by atoms with Crippen LogP contribution in [-0.4, -0.2) is 31.1 Å². The van der Waals surface area contributed by atoms with Gasteiger partial charge in [0.05, 0.1) is 19.8 Å². The van der Waals surface area contributed by atoms with Crippen LogP contribution in [0.15, 0.2) is 84.5 Å². The highest BCUT2D eigenvalue weighted by atomic mass is 16.5. The Morgan fingerprint density at radius 2 is 1.66 bits per heavy atom. The molecule has 0 bridgehead atoms. The van der Waals surface area contributed by atoms with Crippen LogP contribution in [0.3, 0.4) is 0 Å². The van der Waals surface area contributed by atoms with Crippen molar-refractivity contribution < 1.29 is 19.1 Å². The summed E-state index contributed by atoms with van der Waals surface area (Å²) in [5.41, 5.74) is 3.24. The molecule has 0 atom stereocenters. The monoisotopic (exact) mass is 390 g/mol. The molecule has 1 aromatic carbocycles. The number of carbonyl (C=O) groups excluding carboxylic acids is 2. The molecule has 1 aliphatic rings. The van der Waals surface area contributed by atoms with Crippen LogP contribution in [0, 0.1) is 0 Å². The molecule has 3 rings (SSSR count). The molecule has 0 spiro atoms. The Hall–Kier alpha value is -3.67. The van der Waals surface area contributed by atoms with Crippen molar-refractivity contribution in [2.75, 3.05) is 19.1 Å². The van der Waals surface area contributed by atoms with Gasteiger partial charge < -0.3 is 14.4 Å². The number of carbonyl (C=O) groups is 2. The molecule has 2 aromatic rings. The maximum atomic E-state index is 12.6. The number of para-hydroxylation sites is 1. The third kappa shape index (κ3) is 4.60. The van der Waals surface area contributed by atoms with Gasteiger partial charge in [-0.25, -0.2) is 9.59 Å². The quantitative estimate of drug-likeness (QED) is 0.705. The fourth-order valence-electron chi connectivity index (χ4n) is 3.14.